The first-order valence-corrected chi connectivity index (χ1v) is 8.74. The molecule has 10 N–H and O–H groups in total. The van der Waals surface area contributed by atoms with Crippen LogP contribution in [-0.2, 0) is 9.59 Å². The van der Waals surface area contributed by atoms with Crippen LogP contribution in [0, 0.1) is 12.3 Å². The van der Waals surface area contributed by atoms with Crippen molar-refractivity contribution in [1.29, 1.82) is 5.41 Å². The number of carboxylic acid groups (broad SMARTS) is 1. The standard InChI is InChI=1S/C10H9NO2.C8H17N5O3/c1-6-4-10(12)13-9-5-7(11)2-3-8(6)9;9-4-6(14)13-5(7(15)16)2-1-3-12-8(10)11/h2-5H,11H2,1H3;5H,1-4,9H2,(H,13,14)(H,15,16)(H4,10,11,12)/t;5-/m.0/s1. The molecule has 0 spiro atoms. The van der Waals surface area contributed by atoms with E-state index >= 15 is 0 Å². The van der Waals surface area contributed by atoms with Crippen LogP contribution in [0.2, 0.25) is 0 Å². The second kappa shape index (κ2) is 11.3. The molecule has 1 heterocycles. The van der Waals surface area contributed by atoms with Gasteiger partial charge in [-0.2, -0.15) is 0 Å². The Balaban J connectivity index is 0.000000294. The first kappa shape index (κ1) is 23.4. The third-order valence-electron chi connectivity index (χ3n) is 3.78. The monoisotopic (exact) mass is 406 g/mol. The zero-order chi connectivity index (χ0) is 22.0. The Bertz CT molecular complexity index is 927. The molecule has 2 rings (SSSR count). The summed E-state index contributed by atoms with van der Waals surface area (Å²) in [6.07, 6.45) is 0.725. The van der Waals surface area contributed by atoms with E-state index in [1.165, 1.54) is 6.07 Å². The number of aliphatic carboxylic acids is 1. The summed E-state index contributed by atoms with van der Waals surface area (Å²) in [5, 5.41) is 21.4. The highest BCUT2D eigenvalue weighted by molar-refractivity contribution is 5.84. The van der Waals surface area contributed by atoms with E-state index in [0.717, 1.165) is 10.9 Å². The predicted molar refractivity (Wildman–Crippen MR) is 109 cm³/mol. The fourth-order valence-corrected chi connectivity index (χ4v) is 2.38. The number of carbonyl (C=O) groups excluding carboxylic acids is 1. The van der Waals surface area contributed by atoms with Crippen molar-refractivity contribution >= 4 is 34.5 Å². The Labute approximate surface area is 166 Å². The van der Waals surface area contributed by atoms with Crippen molar-refractivity contribution in [2.24, 2.45) is 11.5 Å². The number of hydrogen-bond donors (Lipinski definition) is 7. The van der Waals surface area contributed by atoms with Crippen molar-refractivity contribution < 1.29 is 19.1 Å². The fraction of sp³-hybridized carbons (Fsp3) is 0.333. The maximum Gasteiger partial charge on any atom is 0.336 e. The predicted octanol–water partition coefficient (Wildman–Crippen LogP) is -0.539. The van der Waals surface area contributed by atoms with E-state index in [-0.39, 0.29) is 24.6 Å². The Morgan fingerprint density at radius 1 is 1.31 bits per heavy atom. The summed E-state index contributed by atoms with van der Waals surface area (Å²) in [5.41, 5.74) is 17.4. The fourth-order valence-electron chi connectivity index (χ4n) is 2.38. The minimum atomic E-state index is -1.11. The normalized spacial score (nSPS) is 11.1. The topological polar surface area (TPSA) is 211 Å². The molecule has 29 heavy (non-hydrogen) atoms. The molecule has 0 aliphatic heterocycles. The van der Waals surface area contributed by atoms with E-state index in [1.807, 2.05) is 13.0 Å². The number of nitrogens with two attached hydrogens (primary N) is 3. The smallest absolute Gasteiger partial charge is 0.336 e. The summed E-state index contributed by atoms with van der Waals surface area (Å²) < 4.78 is 4.99. The van der Waals surface area contributed by atoms with Gasteiger partial charge in [0.05, 0.1) is 6.54 Å². The van der Waals surface area contributed by atoms with E-state index in [1.54, 1.807) is 12.1 Å². The first-order chi connectivity index (χ1) is 13.6. The highest BCUT2D eigenvalue weighted by Gasteiger charge is 2.18. The lowest BCUT2D eigenvalue weighted by atomic mass is 10.1. The summed E-state index contributed by atoms with van der Waals surface area (Å²) in [4.78, 5) is 32.6. The third kappa shape index (κ3) is 8.30. The second-order valence-corrected chi connectivity index (χ2v) is 6.15. The second-order valence-electron chi connectivity index (χ2n) is 6.15. The summed E-state index contributed by atoms with van der Waals surface area (Å²) >= 11 is 0. The van der Waals surface area contributed by atoms with Gasteiger partial charge in [-0.1, -0.05) is 0 Å². The molecule has 11 nitrogen and oxygen atoms in total. The van der Waals surface area contributed by atoms with Gasteiger partial charge in [-0.25, -0.2) is 9.59 Å². The minimum Gasteiger partial charge on any atom is -0.480 e. The van der Waals surface area contributed by atoms with Crippen LogP contribution in [0.15, 0.2) is 33.5 Å². The van der Waals surface area contributed by atoms with Crippen molar-refractivity contribution in [3.05, 3.63) is 40.2 Å². The number of aryl methyl sites for hydroxylation is 1. The maximum absolute atomic E-state index is 11.0. The van der Waals surface area contributed by atoms with E-state index in [4.69, 9.17) is 32.1 Å². The largest absolute Gasteiger partial charge is 0.480 e. The number of carbonyl (C=O) groups is 2. The third-order valence-corrected chi connectivity index (χ3v) is 3.78. The highest BCUT2D eigenvalue weighted by Crippen LogP contribution is 2.18. The van der Waals surface area contributed by atoms with Gasteiger partial charge in [-0.05, 0) is 37.5 Å². The van der Waals surface area contributed by atoms with Crippen LogP contribution in [0.5, 0.6) is 0 Å². The number of benzene rings is 1. The number of anilines is 1. The lowest BCUT2D eigenvalue weighted by Crippen LogP contribution is -2.44. The molecule has 1 amide bonds. The lowest BCUT2D eigenvalue weighted by Gasteiger charge is -2.13. The van der Waals surface area contributed by atoms with Gasteiger partial charge in [0.1, 0.15) is 11.6 Å². The van der Waals surface area contributed by atoms with Crippen LogP contribution in [0.25, 0.3) is 11.0 Å². The Morgan fingerprint density at radius 3 is 2.59 bits per heavy atom. The van der Waals surface area contributed by atoms with E-state index in [9.17, 15) is 14.4 Å². The van der Waals surface area contributed by atoms with Crippen LogP contribution < -0.4 is 33.5 Å². The van der Waals surface area contributed by atoms with Crippen molar-refractivity contribution in [2.75, 3.05) is 18.8 Å². The molecule has 0 bridgehead atoms. The van der Waals surface area contributed by atoms with Gasteiger partial charge in [-0.3, -0.25) is 10.2 Å². The number of nitrogen functional groups attached to an aromatic ring is 1. The summed E-state index contributed by atoms with van der Waals surface area (Å²) in [7, 11) is 0. The Hall–Kier alpha value is -3.60. The summed E-state index contributed by atoms with van der Waals surface area (Å²) in [5.74, 6) is -1.78. The van der Waals surface area contributed by atoms with Gasteiger partial charge < -0.3 is 37.4 Å². The number of fused-ring (bicyclic) bond motifs is 1. The molecule has 0 aliphatic carbocycles. The van der Waals surface area contributed by atoms with Crippen molar-refractivity contribution in [1.82, 2.24) is 10.6 Å². The zero-order valence-corrected chi connectivity index (χ0v) is 16.0. The van der Waals surface area contributed by atoms with Crippen LogP contribution in [0.3, 0.4) is 0 Å². The van der Waals surface area contributed by atoms with Crippen molar-refractivity contribution in [3.8, 4) is 0 Å². The molecule has 0 saturated heterocycles. The molecule has 0 aliphatic rings. The number of rotatable bonds is 7. The number of hydrogen-bond acceptors (Lipinski definition) is 7. The molecule has 1 aromatic heterocycles. The number of guanidine groups is 1. The number of carboxylic acids is 1. The molecule has 0 fully saturated rings. The van der Waals surface area contributed by atoms with Crippen LogP contribution in [0.1, 0.15) is 18.4 Å². The van der Waals surface area contributed by atoms with Crippen LogP contribution >= 0.6 is 0 Å². The lowest BCUT2D eigenvalue weighted by molar-refractivity contribution is -0.141. The molecule has 2 aromatic rings. The van der Waals surface area contributed by atoms with Gasteiger partial charge in [-0.15, -0.1) is 0 Å². The molecule has 11 heteroatoms. The Kier molecular flexibility index (Phi) is 9.13. The molecule has 0 saturated carbocycles. The van der Waals surface area contributed by atoms with Gasteiger partial charge in [0.15, 0.2) is 5.96 Å². The van der Waals surface area contributed by atoms with Crippen LogP contribution in [0.4, 0.5) is 5.69 Å². The summed E-state index contributed by atoms with van der Waals surface area (Å²) in [6.45, 7) is 2.02. The van der Waals surface area contributed by atoms with Gasteiger partial charge >= 0.3 is 11.6 Å². The summed E-state index contributed by atoms with van der Waals surface area (Å²) in [6, 6.07) is 5.81. The zero-order valence-electron chi connectivity index (χ0n) is 16.0. The van der Waals surface area contributed by atoms with Crippen molar-refractivity contribution in [2.45, 2.75) is 25.8 Å². The minimum absolute atomic E-state index is 0.169. The Morgan fingerprint density at radius 2 is 2.00 bits per heavy atom. The number of nitrogens with one attached hydrogen (secondary N) is 3. The van der Waals surface area contributed by atoms with Gasteiger partial charge in [0.2, 0.25) is 5.91 Å². The van der Waals surface area contributed by atoms with Gasteiger partial charge in [0.25, 0.3) is 0 Å². The average Bonchev–Trinajstić information content (AvgIpc) is 2.63. The maximum atomic E-state index is 11.0. The average molecular weight is 406 g/mol. The van der Waals surface area contributed by atoms with E-state index < -0.39 is 17.9 Å². The SMILES string of the molecule is Cc1cc(=O)oc2cc(N)ccc12.N=C(N)NCCC[C@H](NC(=O)CN)C(=O)O. The molecule has 0 radical (unpaired) electrons. The van der Waals surface area contributed by atoms with Crippen LogP contribution in [-0.4, -0.2) is 42.1 Å². The molecule has 1 atom stereocenters. The van der Waals surface area contributed by atoms with E-state index in [2.05, 4.69) is 10.6 Å². The van der Waals surface area contributed by atoms with Crippen molar-refractivity contribution in [3.63, 3.8) is 0 Å². The van der Waals surface area contributed by atoms with E-state index in [0.29, 0.717) is 24.2 Å². The molecular weight excluding hydrogens is 380 g/mol. The quantitative estimate of drug-likeness (QED) is 0.103. The molecule has 1 aromatic carbocycles. The first-order valence-electron chi connectivity index (χ1n) is 8.74. The molecule has 0 unspecified atom stereocenters. The van der Waals surface area contributed by atoms with Gasteiger partial charge in [0, 0.05) is 29.8 Å². The molecule has 158 valence electrons. The molecular formula is C18H26N6O5. The highest BCUT2D eigenvalue weighted by atomic mass is 16.4. The number of amides is 1.